The minimum Gasteiger partial charge on any atom is -0.454 e. The van der Waals surface area contributed by atoms with Crippen molar-refractivity contribution in [1.29, 1.82) is 0 Å². The first-order valence-corrected chi connectivity index (χ1v) is 10.1. The lowest BCUT2D eigenvalue weighted by Crippen LogP contribution is -2.33. The van der Waals surface area contributed by atoms with Crippen molar-refractivity contribution in [1.82, 2.24) is 10.5 Å². The Labute approximate surface area is 173 Å². The zero-order chi connectivity index (χ0) is 20.3. The van der Waals surface area contributed by atoms with Crippen LogP contribution in [0.2, 0.25) is 0 Å². The van der Waals surface area contributed by atoms with Crippen molar-refractivity contribution < 1.29 is 23.5 Å². The largest absolute Gasteiger partial charge is 0.454 e. The highest BCUT2D eigenvalue weighted by atomic mass is 16.7. The van der Waals surface area contributed by atoms with Gasteiger partial charge < -0.3 is 24.1 Å². The molecule has 7 nitrogen and oxygen atoms in total. The van der Waals surface area contributed by atoms with E-state index in [0.29, 0.717) is 23.0 Å². The van der Waals surface area contributed by atoms with Gasteiger partial charge in [-0.3, -0.25) is 4.79 Å². The van der Waals surface area contributed by atoms with Crippen LogP contribution in [-0.2, 0) is 22.6 Å². The van der Waals surface area contributed by atoms with Crippen LogP contribution in [0.4, 0.5) is 0 Å². The molecule has 1 atom stereocenters. The number of ether oxygens (including phenoxy) is 3. The van der Waals surface area contributed by atoms with Gasteiger partial charge in [0.1, 0.15) is 12.3 Å². The fourth-order valence-electron chi connectivity index (χ4n) is 3.95. The number of benzene rings is 2. The van der Waals surface area contributed by atoms with Gasteiger partial charge in [0.25, 0.3) is 0 Å². The molecule has 0 radical (unpaired) electrons. The second-order valence-electron chi connectivity index (χ2n) is 7.45. The Morgan fingerprint density at radius 1 is 1.13 bits per heavy atom. The molecular weight excluding hydrogens is 384 g/mol. The predicted octanol–water partition coefficient (Wildman–Crippen LogP) is 3.78. The Balaban J connectivity index is 1.14. The molecule has 1 aliphatic carbocycles. The summed E-state index contributed by atoms with van der Waals surface area (Å²) in [6, 6.07) is 15.7. The standard InChI is InChI=1S/C23H22N2O5/c26-23(24-19-7-3-5-15-4-1-2-6-18(15)19)13-27-12-17-11-21(30-25-17)16-8-9-20-22(10-16)29-14-28-20/h1-2,4,6,8-11,19H,3,5,7,12-14H2,(H,24,26)/t19-/m0/s1. The molecule has 0 bridgehead atoms. The number of carbonyl (C=O) groups excluding carboxylic acids is 1. The van der Waals surface area contributed by atoms with Gasteiger partial charge in [0, 0.05) is 11.6 Å². The topological polar surface area (TPSA) is 82.8 Å². The number of rotatable bonds is 6. The van der Waals surface area contributed by atoms with Crippen LogP contribution in [0.3, 0.4) is 0 Å². The maximum Gasteiger partial charge on any atom is 0.246 e. The predicted molar refractivity (Wildman–Crippen MR) is 108 cm³/mol. The third-order valence-corrected chi connectivity index (χ3v) is 5.40. The van der Waals surface area contributed by atoms with Gasteiger partial charge in [0.15, 0.2) is 17.3 Å². The fourth-order valence-corrected chi connectivity index (χ4v) is 3.95. The van der Waals surface area contributed by atoms with Crippen molar-refractivity contribution in [3.05, 3.63) is 65.4 Å². The molecule has 0 saturated carbocycles. The quantitative estimate of drug-likeness (QED) is 0.671. The molecule has 0 saturated heterocycles. The summed E-state index contributed by atoms with van der Waals surface area (Å²) < 4.78 is 21.7. The number of amides is 1. The molecule has 7 heteroatoms. The van der Waals surface area contributed by atoms with Crippen molar-refractivity contribution in [2.24, 2.45) is 0 Å². The third-order valence-electron chi connectivity index (χ3n) is 5.40. The van der Waals surface area contributed by atoms with Crippen LogP contribution in [0.25, 0.3) is 11.3 Å². The molecule has 1 N–H and O–H groups in total. The highest BCUT2D eigenvalue weighted by Gasteiger charge is 2.21. The molecule has 0 unspecified atom stereocenters. The Morgan fingerprint density at radius 3 is 3.00 bits per heavy atom. The molecule has 2 heterocycles. The fraction of sp³-hybridized carbons (Fsp3) is 0.304. The van der Waals surface area contributed by atoms with Crippen LogP contribution in [0, 0.1) is 0 Å². The van der Waals surface area contributed by atoms with E-state index in [1.165, 1.54) is 11.1 Å². The Bertz CT molecular complexity index is 1060. The summed E-state index contributed by atoms with van der Waals surface area (Å²) in [5.74, 6) is 1.88. The maximum atomic E-state index is 12.3. The summed E-state index contributed by atoms with van der Waals surface area (Å²) in [6.45, 7) is 0.399. The highest BCUT2D eigenvalue weighted by molar-refractivity contribution is 5.77. The Morgan fingerprint density at radius 2 is 2.03 bits per heavy atom. The monoisotopic (exact) mass is 406 g/mol. The number of aryl methyl sites for hydroxylation is 1. The smallest absolute Gasteiger partial charge is 0.246 e. The second kappa shape index (κ2) is 8.20. The number of nitrogens with one attached hydrogen (secondary N) is 1. The SMILES string of the molecule is O=C(COCc1cc(-c2ccc3c(c2)OCO3)on1)N[C@H]1CCCc2ccccc21. The summed E-state index contributed by atoms with van der Waals surface area (Å²) in [7, 11) is 0. The van der Waals surface area contributed by atoms with Crippen molar-refractivity contribution in [3.8, 4) is 22.8 Å². The van der Waals surface area contributed by atoms with Crippen molar-refractivity contribution >= 4 is 5.91 Å². The van der Waals surface area contributed by atoms with E-state index in [4.69, 9.17) is 18.7 Å². The summed E-state index contributed by atoms with van der Waals surface area (Å²) in [6.07, 6.45) is 3.09. The van der Waals surface area contributed by atoms with E-state index in [2.05, 4.69) is 22.6 Å². The number of nitrogens with zero attached hydrogens (tertiary/aromatic N) is 1. The Hall–Kier alpha value is -3.32. The average Bonchev–Trinajstić information content (AvgIpc) is 3.43. The molecule has 154 valence electrons. The van der Waals surface area contributed by atoms with Gasteiger partial charge in [-0.2, -0.15) is 0 Å². The Kier molecular flexibility index (Phi) is 5.11. The molecule has 3 aromatic rings. The first-order valence-electron chi connectivity index (χ1n) is 10.1. The molecule has 5 rings (SSSR count). The van der Waals surface area contributed by atoms with Gasteiger partial charge in [-0.05, 0) is 48.6 Å². The number of hydrogen-bond acceptors (Lipinski definition) is 6. The first-order chi connectivity index (χ1) is 14.8. The van der Waals surface area contributed by atoms with Crippen LogP contribution in [0.5, 0.6) is 11.5 Å². The normalized spacial score (nSPS) is 16.9. The van der Waals surface area contributed by atoms with Gasteiger partial charge in [-0.15, -0.1) is 0 Å². The molecular formula is C23H22N2O5. The number of aromatic nitrogens is 1. The van der Waals surface area contributed by atoms with Crippen molar-refractivity contribution in [2.75, 3.05) is 13.4 Å². The summed E-state index contributed by atoms with van der Waals surface area (Å²) in [5.41, 5.74) is 3.99. The molecule has 2 aromatic carbocycles. The molecule has 0 fully saturated rings. The summed E-state index contributed by atoms with van der Waals surface area (Å²) in [5, 5.41) is 7.11. The molecule has 1 aliphatic heterocycles. The zero-order valence-corrected chi connectivity index (χ0v) is 16.4. The average molecular weight is 406 g/mol. The highest BCUT2D eigenvalue weighted by Crippen LogP contribution is 2.36. The van der Waals surface area contributed by atoms with Gasteiger partial charge in [-0.1, -0.05) is 29.4 Å². The van der Waals surface area contributed by atoms with E-state index in [9.17, 15) is 4.79 Å². The van der Waals surface area contributed by atoms with Crippen LogP contribution >= 0.6 is 0 Å². The van der Waals surface area contributed by atoms with Gasteiger partial charge in [0.2, 0.25) is 12.7 Å². The lowest BCUT2D eigenvalue weighted by molar-refractivity contribution is -0.127. The minimum absolute atomic E-state index is 0.0229. The minimum atomic E-state index is -0.129. The van der Waals surface area contributed by atoms with Gasteiger partial charge >= 0.3 is 0 Å². The third kappa shape index (κ3) is 3.89. The van der Waals surface area contributed by atoms with Crippen molar-refractivity contribution in [3.63, 3.8) is 0 Å². The van der Waals surface area contributed by atoms with Gasteiger partial charge in [-0.25, -0.2) is 0 Å². The number of hydrogen-bond donors (Lipinski definition) is 1. The van der Waals surface area contributed by atoms with Crippen LogP contribution in [-0.4, -0.2) is 24.5 Å². The van der Waals surface area contributed by atoms with E-state index < -0.39 is 0 Å². The molecule has 1 aromatic heterocycles. The lowest BCUT2D eigenvalue weighted by atomic mass is 9.88. The lowest BCUT2D eigenvalue weighted by Gasteiger charge is -2.26. The van der Waals surface area contributed by atoms with Gasteiger partial charge in [0.05, 0.1) is 12.6 Å². The van der Waals surface area contributed by atoms with E-state index in [1.807, 2.05) is 30.3 Å². The number of fused-ring (bicyclic) bond motifs is 2. The maximum absolute atomic E-state index is 12.3. The van der Waals surface area contributed by atoms with Crippen LogP contribution in [0.1, 0.15) is 35.7 Å². The molecule has 30 heavy (non-hydrogen) atoms. The van der Waals surface area contributed by atoms with E-state index >= 15 is 0 Å². The van der Waals surface area contributed by atoms with E-state index in [1.54, 1.807) is 6.07 Å². The van der Waals surface area contributed by atoms with E-state index in [0.717, 1.165) is 24.8 Å². The van der Waals surface area contributed by atoms with Crippen molar-refractivity contribution in [2.45, 2.75) is 31.9 Å². The van der Waals surface area contributed by atoms with Crippen LogP contribution in [0.15, 0.2) is 53.1 Å². The molecule has 2 aliphatic rings. The first kappa shape index (κ1) is 18.7. The summed E-state index contributed by atoms with van der Waals surface area (Å²) in [4.78, 5) is 12.3. The van der Waals surface area contributed by atoms with Crippen LogP contribution < -0.4 is 14.8 Å². The summed E-state index contributed by atoms with van der Waals surface area (Å²) >= 11 is 0. The van der Waals surface area contributed by atoms with E-state index in [-0.39, 0.29) is 32.0 Å². The second-order valence-corrected chi connectivity index (χ2v) is 7.45. The molecule has 1 amide bonds. The molecule has 0 spiro atoms. The zero-order valence-electron chi connectivity index (χ0n) is 16.4. The number of carbonyl (C=O) groups is 1.